The van der Waals surface area contributed by atoms with Crippen LogP contribution in [0, 0.1) is 0 Å². The van der Waals surface area contributed by atoms with Gasteiger partial charge in [-0.25, -0.2) is 4.98 Å². The molecule has 0 unspecified atom stereocenters. The van der Waals surface area contributed by atoms with Crippen LogP contribution in [0.3, 0.4) is 0 Å². The summed E-state index contributed by atoms with van der Waals surface area (Å²) in [6.45, 7) is 0. The van der Waals surface area contributed by atoms with Gasteiger partial charge in [0.05, 0.1) is 11.0 Å². The minimum Gasteiger partial charge on any atom is -0.455 e. The molecule has 0 amide bonds. The van der Waals surface area contributed by atoms with Gasteiger partial charge in [-0.15, -0.1) is 0 Å². The predicted octanol–water partition coefficient (Wildman–Crippen LogP) is 13.2. The molecule has 0 radical (unpaired) electrons. The number of fused-ring (bicyclic) bond motifs is 6. The summed E-state index contributed by atoms with van der Waals surface area (Å²) in [7, 11) is 0. The van der Waals surface area contributed by atoms with Gasteiger partial charge in [-0.05, 0) is 58.1 Å². The number of furan rings is 1. The van der Waals surface area contributed by atoms with Gasteiger partial charge in [-0.1, -0.05) is 164 Å². The number of para-hydroxylation sites is 3. The summed E-state index contributed by atoms with van der Waals surface area (Å²) in [4.78, 5) is 15.2. The Balaban J connectivity index is 0.980. The third-order valence-corrected chi connectivity index (χ3v) is 10.7. The topological polar surface area (TPSA) is 56.7 Å². The highest BCUT2D eigenvalue weighted by Crippen LogP contribution is 2.39. The zero-order valence-corrected chi connectivity index (χ0v) is 30.2. The SMILES string of the molecule is c1ccc(-c2ccc3oc4c(-c5cccc(-c6ccc(-c7nc(-c8ccccc8)nc(-n8c9ccccc9c9ccccc98)n7)cc6)c5)cccc4c3c2)cc1. The van der Waals surface area contributed by atoms with Crippen LogP contribution in [0.2, 0.25) is 0 Å². The Labute approximate surface area is 322 Å². The molecule has 0 N–H and O–H groups in total. The molecule has 0 saturated heterocycles. The lowest BCUT2D eigenvalue weighted by atomic mass is 9.97. The lowest BCUT2D eigenvalue weighted by molar-refractivity contribution is 0.670. The van der Waals surface area contributed by atoms with Crippen LogP contribution in [-0.2, 0) is 0 Å². The molecule has 0 spiro atoms. The number of aromatic nitrogens is 4. The zero-order valence-electron chi connectivity index (χ0n) is 30.2. The normalized spacial score (nSPS) is 11.6. The van der Waals surface area contributed by atoms with Gasteiger partial charge in [-0.3, -0.25) is 4.57 Å². The third-order valence-electron chi connectivity index (χ3n) is 10.7. The molecule has 0 aliphatic heterocycles. The minimum atomic E-state index is 0.582. The molecule has 5 heteroatoms. The van der Waals surface area contributed by atoms with Crippen LogP contribution in [-0.4, -0.2) is 19.5 Å². The summed E-state index contributed by atoms with van der Waals surface area (Å²) in [6.07, 6.45) is 0. The second-order valence-electron chi connectivity index (χ2n) is 14.0. The van der Waals surface area contributed by atoms with Gasteiger partial charge in [0.2, 0.25) is 5.95 Å². The van der Waals surface area contributed by atoms with Crippen LogP contribution in [0.4, 0.5) is 0 Å². The molecule has 0 atom stereocenters. The van der Waals surface area contributed by atoms with E-state index < -0.39 is 0 Å². The fraction of sp³-hybridized carbons (Fsp3) is 0. The Kier molecular flexibility index (Phi) is 7.42. The van der Waals surface area contributed by atoms with E-state index in [1.165, 1.54) is 11.1 Å². The number of hydrogen-bond acceptors (Lipinski definition) is 4. The highest BCUT2D eigenvalue weighted by Gasteiger charge is 2.18. The smallest absolute Gasteiger partial charge is 0.238 e. The van der Waals surface area contributed by atoms with Crippen molar-refractivity contribution in [3.63, 3.8) is 0 Å². The summed E-state index contributed by atoms with van der Waals surface area (Å²) >= 11 is 0. The average Bonchev–Trinajstić information content (AvgIpc) is 3.83. The van der Waals surface area contributed by atoms with Crippen molar-refractivity contribution < 1.29 is 4.42 Å². The first-order chi connectivity index (χ1) is 27.7. The Morgan fingerprint density at radius 3 is 1.55 bits per heavy atom. The summed E-state index contributed by atoms with van der Waals surface area (Å²) in [5, 5.41) is 4.54. The quantitative estimate of drug-likeness (QED) is 0.172. The van der Waals surface area contributed by atoms with Crippen LogP contribution < -0.4 is 0 Å². The van der Waals surface area contributed by atoms with E-state index in [-0.39, 0.29) is 0 Å². The molecule has 0 aliphatic carbocycles. The molecule has 56 heavy (non-hydrogen) atoms. The van der Waals surface area contributed by atoms with Crippen molar-refractivity contribution in [2.75, 3.05) is 0 Å². The van der Waals surface area contributed by atoms with Crippen molar-refractivity contribution >= 4 is 43.7 Å². The monoisotopic (exact) mass is 716 g/mol. The van der Waals surface area contributed by atoms with Crippen LogP contribution in [0.5, 0.6) is 0 Å². The molecular weight excluding hydrogens is 685 g/mol. The first kappa shape index (κ1) is 31.9. The van der Waals surface area contributed by atoms with E-state index in [1.807, 2.05) is 36.4 Å². The lowest BCUT2D eigenvalue weighted by Crippen LogP contribution is -2.06. The van der Waals surface area contributed by atoms with E-state index in [0.717, 1.165) is 77.1 Å². The Morgan fingerprint density at radius 2 is 0.839 bits per heavy atom. The maximum atomic E-state index is 6.54. The first-order valence-electron chi connectivity index (χ1n) is 18.8. The maximum Gasteiger partial charge on any atom is 0.238 e. The molecule has 0 bridgehead atoms. The summed E-state index contributed by atoms with van der Waals surface area (Å²) < 4.78 is 8.69. The number of hydrogen-bond donors (Lipinski definition) is 0. The van der Waals surface area contributed by atoms with Crippen LogP contribution >= 0.6 is 0 Å². The second-order valence-corrected chi connectivity index (χ2v) is 14.0. The third kappa shape index (κ3) is 5.37. The van der Waals surface area contributed by atoms with Crippen molar-refractivity contribution in [1.82, 2.24) is 19.5 Å². The fourth-order valence-corrected chi connectivity index (χ4v) is 7.96. The van der Waals surface area contributed by atoms with E-state index in [4.69, 9.17) is 19.4 Å². The molecule has 0 saturated carbocycles. The molecule has 0 fully saturated rings. The maximum absolute atomic E-state index is 6.54. The van der Waals surface area contributed by atoms with Gasteiger partial charge in [0.15, 0.2) is 11.6 Å². The highest BCUT2D eigenvalue weighted by molar-refractivity contribution is 6.11. The van der Waals surface area contributed by atoms with E-state index in [1.54, 1.807) is 0 Å². The number of benzene rings is 8. The molecule has 262 valence electrons. The molecular formula is C51H32N4O. The van der Waals surface area contributed by atoms with E-state index >= 15 is 0 Å². The van der Waals surface area contributed by atoms with Crippen molar-refractivity contribution in [2.45, 2.75) is 0 Å². The summed E-state index contributed by atoms with van der Waals surface area (Å²) in [6, 6.07) is 67.4. The highest BCUT2D eigenvalue weighted by atomic mass is 16.3. The standard InChI is InChI=1S/C51H32N4O/c1-3-13-33(14-4-1)38-29-30-47-44(32-38)43-22-12-21-40(48(43)56-47)39-18-11-17-37(31-39)34-25-27-36(28-26-34)50-52-49(35-15-5-2-6-16-35)53-51(54-50)55-45-23-9-7-19-41(45)42-20-8-10-24-46(42)55/h1-32H. The molecule has 11 rings (SSSR count). The number of nitrogens with zero attached hydrogens (tertiary/aromatic N) is 4. The van der Waals surface area contributed by atoms with Crippen LogP contribution in [0.15, 0.2) is 199 Å². The van der Waals surface area contributed by atoms with Crippen molar-refractivity contribution in [1.29, 1.82) is 0 Å². The molecule has 0 aliphatic rings. The minimum absolute atomic E-state index is 0.582. The van der Waals surface area contributed by atoms with Crippen molar-refractivity contribution in [3.05, 3.63) is 194 Å². The molecule has 11 aromatic rings. The summed E-state index contributed by atoms with van der Waals surface area (Å²) in [5.74, 6) is 1.82. The Morgan fingerprint density at radius 1 is 0.339 bits per heavy atom. The van der Waals surface area contributed by atoms with Crippen molar-refractivity contribution in [2.24, 2.45) is 0 Å². The first-order valence-corrected chi connectivity index (χ1v) is 18.8. The average molecular weight is 717 g/mol. The zero-order chi connectivity index (χ0) is 37.0. The van der Waals surface area contributed by atoms with Gasteiger partial charge in [-0.2, -0.15) is 9.97 Å². The predicted molar refractivity (Wildman–Crippen MR) is 229 cm³/mol. The van der Waals surface area contributed by atoms with Gasteiger partial charge in [0.25, 0.3) is 0 Å². The van der Waals surface area contributed by atoms with Gasteiger partial charge in [0.1, 0.15) is 11.2 Å². The molecule has 5 nitrogen and oxygen atoms in total. The largest absolute Gasteiger partial charge is 0.455 e. The molecule has 8 aromatic carbocycles. The van der Waals surface area contributed by atoms with Crippen molar-refractivity contribution in [3.8, 4) is 62.1 Å². The van der Waals surface area contributed by atoms with Crippen LogP contribution in [0.25, 0.3) is 106 Å². The fourth-order valence-electron chi connectivity index (χ4n) is 7.96. The van der Waals surface area contributed by atoms with E-state index in [9.17, 15) is 0 Å². The lowest BCUT2D eigenvalue weighted by Gasteiger charge is -2.11. The Bertz CT molecular complexity index is 3180. The van der Waals surface area contributed by atoms with E-state index in [2.05, 4.69) is 162 Å². The number of rotatable bonds is 6. The molecule has 3 aromatic heterocycles. The van der Waals surface area contributed by atoms with E-state index in [0.29, 0.717) is 17.6 Å². The Hall–Kier alpha value is -7.63. The summed E-state index contributed by atoms with van der Waals surface area (Å²) in [5.41, 5.74) is 12.5. The molecule has 3 heterocycles. The van der Waals surface area contributed by atoms with Crippen LogP contribution in [0.1, 0.15) is 0 Å². The van der Waals surface area contributed by atoms with Gasteiger partial charge < -0.3 is 4.42 Å². The van der Waals surface area contributed by atoms with Gasteiger partial charge >= 0.3 is 0 Å². The van der Waals surface area contributed by atoms with Gasteiger partial charge in [0, 0.05) is 38.2 Å². The second kappa shape index (κ2) is 13.0.